The van der Waals surface area contributed by atoms with Gasteiger partial charge in [-0.25, -0.2) is 9.97 Å². The minimum Gasteiger partial charge on any atom is -0.379 e. The van der Waals surface area contributed by atoms with E-state index in [0.717, 1.165) is 60.8 Å². The van der Waals surface area contributed by atoms with Crippen LogP contribution in [0.25, 0.3) is 11.0 Å². The number of carbonyl (C=O) groups is 1. The van der Waals surface area contributed by atoms with Gasteiger partial charge in [0.1, 0.15) is 0 Å². The molecule has 0 radical (unpaired) electrons. The summed E-state index contributed by atoms with van der Waals surface area (Å²) < 4.78 is 5.48. The number of hydrogen-bond acceptors (Lipinski definition) is 5. The number of nitrogens with zero attached hydrogens (tertiary/aromatic N) is 4. The summed E-state index contributed by atoms with van der Waals surface area (Å²) in [4.78, 5) is 27.2. The molecule has 2 heterocycles. The van der Waals surface area contributed by atoms with E-state index in [1.165, 1.54) is 0 Å². The second kappa shape index (κ2) is 9.54. The van der Waals surface area contributed by atoms with Gasteiger partial charge in [0.25, 0.3) is 5.91 Å². The average molecular weight is 419 g/mol. The van der Waals surface area contributed by atoms with Gasteiger partial charge in [-0.05, 0) is 44.5 Å². The van der Waals surface area contributed by atoms with E-state index < -0.39 is 0 Å². The highest BCUT2D eigenvalue weighted by Gasteiger charge is 2.25. The zero-order valence-electron chi connectivity index (χ0n) is 18.5. The Bertz CT molecular complexity index is 1050. The van der Waals surface area contributed by atoms with Crippen molar-refractivity contribution in [2.24, 2.45) is 0 Å². The molecular formula is C25H30N4O2. The van der Waals surface area contributed by atoms with Gasteiger partial charge in [-0.1, -0.05) is 30.3 Å². The maximum Gasteiger partial charge on any atom is 0.254 e. The van der Waals surface area contributed by atoms with Gasteiger partial charge in [0.05, 0.1) is 35.6 Å². The van der Waals surface area contributed by atoms with Crippen molar-refractivity contribution in [2.75, 3.05) is 32.8 Å². The van der Waals surface area contributed by atoms with Crippen LogP contribution in [-0.2, 0) is 11.3 Å². The van der Waals surface area contributed by atoms with Gasteiger partial charge < -0.3 is 9.64 Å². The summed E-state index contributed by atoms with van der Waals surface area (Å²) in [5, 5.41) is 0. The lowest BCUT2D eigenvalue weighted by molar-refractivity contribution is 0.0228. The lowest BCUT2D eigenvalue weighted by Crippen LogP contribution is -2.48. The maximum absolute atomic E-state index is 13.7. The number of rotatable bonds is 6. The molecule has 162 valence electrons. The Labute approximate surface area is 183 Å². The van der Waals surface area contributed by atoms with Crippen LogP contribution in [0.4, 0.5) is 0 Å². The lowest BCUT2D eigenvalue weighted by atomic mass is 10.1. The molecule has 0 spiro atoms. The van der Waals surface area contributed by atoms with Gasteiger partial charge >= 0.3 is 0 Å². The van der Waals surface area contributed by atoms with Crippen molar-refractivity contribution in [1.29, 1.82) is 0 Å². The van der Waals surface area contributed by atoms with Crippen molar-refractivity contribution >= 4 is 16.9 Å². The van der Waals surface area contributed by atoms with E-state index in [1.54, 1.807) is 0 Å². The summed E-state index contributed by atoms with van der Waals surface area (Å²) in [5.41, 5.74) is 5.15. The molecule has 4 rings (SSSR count). The highest BCUT2D eigenvalue weighted by atomic mass is 16.5. The van der Waals surface area contributed by atoms with Crippen LogP contribution >= 0.6 is 0 Å². The fourth-order valence-corrected chi connectivity index (χ4v) is 3.99. The Hall–Kier alpha value is -2.83. The van der Waals surface area contributed by atoms with Crippen LogP contribution in [-0.4, -0.2) is 64.6 Å². The normalized spacial score (nSPS) is 15.7. The SMILES string of the molecule is Cc1nc2ccc(C(=O)N(Cc3ccccc3)C(C)CN3CCOCC3)cc2nc1C. The number of aromatic nitrogens is 2. The number of hydrogen-bond donors (Lipinski definition) is 0. The van der Waals surface area contributed by atoms with Crippen LogP contribution in [0.5, 0.6) is 0 Å². The number of morpholine rings is 1. The fraction of sp³-hybridized carbons (Fsp3) is 0.400. The van der Waals surface area contributed by atoms with Crippen LogP contribution in [0.15, 0.2) is 48.5 Å². The highest BCUT2D eigenvalue weighted by molar-refractivity contribution is 5.97. The molecule has 1 saturated heterocycles. The van der Waals surface area contributed by atoms with Crippen LogP contribution in [0.1, 0.15) is 34.2 Å². The first-order chi connectivity index (χ1) is 15.0. The first-order valence-electron chi connectivity index (χ1n) is 10.9. The Morgan fingerprint density at radius 1 is 1.03 bits per heavy atom. The van der Waals surface area contributed by atoms with Gasteiger partial charge in [-0.3, -0.25) is 9.69 Å². The second-order valence-electron chi connectivity index (χ2n) is 8.28. The van der Waals surface area contributed by atoms with E-state index in [0.29, 0.717) is 12.1 Å². The molecule has 1 aliphatic rings. The summed E-state index contributed by atoms with van der Waals surface area (Å²) in [5.74, 6) is 0.0199. The van der Waals surface area contributed by atoms with Crippen LogP contribution < -0.4 is 0 Å². The van der Waals surface area contributed by atoms with E-state index in [2.05, 4.69) is 33.9 Å². The second-order valence-corrected chi connectivity index (χ2v) is 8.28. The van der Waals surface area contributed by atoms with E-state index in [9.17, 15) is 4.79 Å². The van der Waals surface area contributed by atoms with Gasteiger partial charge in [0, 0.05) is 37.8 Å². The molecule has 0 N–H and O–H groups in total. The number of ether oxygens (including phenoxy) is 1. The Morgan fingerprint density at radius 3 is 2.42 bits per heavy atom. The summed E-state index contributed by atoms with van der Waals surface area (Å²) >= 11 is 0. The smallest absolute Gasteiger partial charge is 0.254 e. The Morgan fingerprint density at radius 2 is 1.71 bits per heavy atom. The molecular weight excluding hydrogens is 388 g/mol. The summed E-state index contributed by atoms with van der Waals surface area (Å²) in [6.07, 6.45) is 0. The van der Waals surface area contributed by atoms with Crippen molar-refractivity contribution in [3.8, 4) is 0 Å². The number of fused-ring (bicyclic) bond motifs is 1. The minimum absolute atomic E-state index is 0.0199. The van der Waals surface area contributed by atoms with Crippen molar-refractivity contribution in [1.82, 2.24) is 19.8 Å². The van der Waals surface area contributed by atoms with Crippen molar-refractivity contribution in [2.45, 2.75) is 33.4 Å². The minimum atomic E-state index is 0.0199. The summed E-state index contributed by atoms with van der Waals surface area (Å²) in [7, 11) is 0. The fourth-order valence-electron chi connectivity index (χ4n) is 3.99. The number of benzene rings is 2. The van der Waals surface area contributed by atoms with Gasteiger partial charge in [0.15, 0.2) is 0 Å². The summed E-state index contributed by atoms with van der Waals surface area (Å²) in [6.45, 7) is 10.7. The molecule has 6 heteroatoms. The molecule has 0 bridgehead atoms. The summed E-state index contributed by atoms with van der Waals surface area (Å²) in [6, 6.07) is 15.9. The molecule has 0 aliphatic carbocycles. The van der Waals surface area contributed by atoms with Crippen LogP contribution in [0.2, 0.25) is 0 Å². The molecule has 31 heavy (non-hydrogen) atoms. The molecule has 1 atom stereocenters. The maximum atomic E-state index is 13.7. The van der Waals surface area contributed by atoms with E-state index in [1.807, 2.05) is 55.1 Å². The van der Waals surface area contributed by atoms with Crippen molar-refractivity contribution in [3.63, 3.8) is 0 Å². The Kier molecular flexibility index (Phi) is 6.59. The largest absolute Gasteiger partial charge is 0.379 e. The van der Waals surface area contributed by atoms with Crippen molar-refractivity contribution < 1.29 is 9.53 Å². The lowest BCUT2D eigenvalue weighted by Gasteiger charge is -2.35. The van der Waals surface area contributed by atoms with E-state index in [4.69, 9.17) is 4.74 Å². The van der Waals surface area contributed by atoms with E-state index >= 15 is 0 Å². The Balaban J connectivity index is 1.62. The molecule has 6 nitrogen and oxygen atoms in total. The zero-order chi connectivity index (χ0) is 21.8. The number of carbonyl (C=O) groups excluding carboxylic acids is 1. The predicted molar refractivity (Wildman–Crippen MR) is 122 cm³/mol. The quantitative estimate of drug-likeness (QED) is 0.612. The number of aryl methyl sites for hydroxylation is 2. The topological polar surface area (TPSA) is 58.6 Å². The molecule has 1 fully saturated rings. The molecule has 1 amide bonds. The van der Waals surface area contributed by atoms with Gasteiger partial charge in [-0.2, -0.15) is 0 Å². The molecule has 1 unspecified atom stereocenters. The third-order valence-corrected chi connectivity index (χ3v) is 5.94. The molecule has 2 aromatic carbocycles. The molecule has 1 aliphatic heterocycles. The van der Waals surface area contributed by atoms with Crippen LogP contribution in [0.3, 0.4) is 0 Å². The van der Waals surface area contributed by atoms with Crippen molar-refractivity contribution in [3.05, 3.63) is 71.0 Å². The zero-order valence-corrected chi connectivity index (χ0v) is 18.5. The third-order valence-electron chi connectivity index (χ3n) is 5.94. The highest BCUT2D eigenvalue weighted by Crippen LogP contribution is 2.19. The first-order valence-corrected chi connectivity index (χ1v) is 10.9. The predicted octanol–water partition coefficient (Wildman–Crippen LogP) is 3.61. The third kappa shape index (κ3) is 5.09. The average Bonchev–Trinajstić information content (AvgIpc) is 2.79. The molecule has 0 saturated carbocycles. The monoisotopic (exact) mass is 418 g/mol. The van der Waals surface area contributed by atoms with Gasteiger partial charge in [0.2, 0.25) is 0 Å². The first kappa shape index (κ1) is 21.4. The van der Waals surface area contributed by atoms with Crippen LogP contribution in [0, 0.1) is 13.8 Å². The molecule has 3 aromatic rings. The van der Waals surface area contributed by atoms with Gasteiger partial charge in [-0.15, -0.1) is 0 Å². The molecule has 1 aromatic heterocycles. The standard InChI is InChI=1S/C25H30N4O2/c1-18(16-28-11-13-31-14-12-28)29(17-21-7-5-4-6-8-21)25(30)22-9-10-23-24(15-22)27-20(3)19(2)26-23/h4-10,15,18H,11-14,16-17H2,1-3H3. The van der Waals surface area contributed by atoms with E-state index in [-0.39, 0.29) is 11.9 Å². The number of amides is 1.